The molecular formula is C4H7ClN2S. The van der Waals surface area contributed by atoms with Gasteiger partial charge in [0.1, 0.15) is 0 Å². The summed E-state index contributed by atoms with van der Waals surface area (Å²) in [5, 5.41) is 1.77. The van der Waals surface area contributed by atoms with Crippen molar-refractivity contribution in [2.24, 2.45) is 0 Å². The molecule has 8 heavy (non-hydrogen) atoms. The highest BCUT2D eigenvalue weighted by atomic mass is 35.5. The number of hydrazine groups is 1. The predicted octanol–water partition coefficient (Wildman–Crippen LogP) is 0.720. The molecule has 2 nitrogen and oxygen atoms in total. The van der Waals surface area contributed by atoms with Crippen LogP contribution in [0.4, 0.5) is 0 Å². The minimum atomic E-state index is 0.419. The standard InChI is InChI=1S/C4H7ClN2S/c5-4(8)7-3-1-2-6-7/h6H,1-3H2. The van der Waals surface area contributed by atoms with E-state index < -0.39 is 0 Å². The van der Waals surface area contributed by atoms with E-state index in [1.165, 1.54) is 0 Å². The van der Waals surface area contributed by atoms with E-state index in [1.807, 2.05) is 0 Å². The molecule has 0 bridgehead atoms. The van der Waals surface area contributed by atoms with Crippen LogP contribution in [0.25, 0.3) is 0 Å². The molecule has 1 aliphatic heterocycles. The van der Waals surface area contributed by atoms with Crippen molar-refractivity contribution in [1.82, 2.24) is 10.4 Å². The zero-order valence-electron chi connectivity index (χ0n) is 4.35. The summed E-state index contributed by atoms with van der Waals surface area (Å²) in [6, 6.07) is 0. The fraction of sp³-hybridized carbons (Fsp3) is 0.750. The number of hydrogen-bond acceptors (Lipinski definition) is 2. The summed E-state index contributed by atoms with van der Waals surface area (Å²) in [4.78, 5) is 0. The van der Waals surface area contributed by atoms with Gasteiger partial charge in [-0.2, -0.15) is 0 Å². The molecule has 0 saturated carbocycles. The fourth-order valence-corrected chi connectivity index (χ4v) is 0.980. The Morgan fingerprint density at radius 3 is 2.75 bits per heavy atom. The summed E-state index contributed by atoms with van der Waals surface area (Å²) in [6.07, 6.45) is 1.13. The lowest BCUT2D eigenvalue weighted by Crippen LogP contribution is -2.32. The molecule has 1 saturated heterocycles. The smallest absolute Gasteiger partial charge is 0.184 e. The fourth-order valence-electron chi connectivity index (χ4n) is 0.680. The van der Waals surface area contributed by atoms with Crippen LogP contribution in [0.2, 0.25) is 0 Å². The molecule has 1 heterocycles. The molecule has 4 heteroatoms. The maximum Gasteiger partial charge on any atom is 0.184 e. The molecular weight excluding hydrogens is 144 g/mol. The highest BCUT2D eigenvalue weighted by molar-refractivity contribution is 7.83. The zero-order valence-corrected chi connectivity index (χ0v) is 5.93. The first kappa shape index (κ1) is 6.26. The van der Waals surface area contributed by atoms with Crippen LogP contribution in [0.1, 0.15) is 6.42 Å². The summed E-state index contributed by atoms with van der Waals surface area (Å²) in [5.41, 5.74) is 3.02. The van der Waals surface area contributed by atoms with E-state index in [0.29, 0.717) is 4.45 Å². The Kier molecular flexibility index (Phi) is 2.05. The molecule has 1 rings (SSSR count). The van der Waals surface area contributed by atoms with E-state index in [9.17, 15) is 0 Å². The number of rotatable bonds is 0. The Balaban J connectivity index is 2.35. The minimum absolute atomic E-state index is 0.419. The van der Waals surface area contributed by atoms with Crippen molar-refractivity contribution >= 4 is 28.3 Å². The van der Waals surface area contributed by atoms with Gasteiger partial charge in [-0.3, -0.25) is 5.01 Å². The largest absolute Gasteiger partial charge is 0.289 e. The van der Waals surface area contributed by atoms with Crippen LogP contribution in [0.3, 0.4) is 0 Å². The van der Waals surface area contributed by atoms with Gasteiger partial charge in [0.05, 0.1) is 0 Å². The lowest BCUT2D eigenvalue weighted by molar-refractivity contribution is 0.418. The van der Waals surface area contributed by atoms with Crippen molar-refractivity contribution in [2.45, 2.75) is 6.42 Å². The van der Waals surface area contributed by atoms with Gasteiger partial charge in [0, 0.05) is 13.1 Å². The molecule has 0 aromatic heterocycles. The van der Waals surface area contributed by atoms with Crippen molar-refractivity contribution in [2.75, 3.05) is 13.1 Å². The number of nitrogens with zero attached hydrogens (tertiary/aromatic N) is 1. The molecule has 0 amide bonds. The number of nitrogens with one attached hydrogen (secondary N) is 1. The SMILES string of the molecule is S=C(Cl)N1CCCN1. The Labute approximate surface area is 58.8 Å². The quantitative estimate of drug-likeness (QED) is 0.311. The average Bonchev–Trinajstić information content (AvgIpc) is 2.12. The Bertz CT molecular complexity index is 100. The molecule has 0 atom stereocenters. The van der Waals surface area contributed by atoms with E-state index >= 15 is 0 Å². The van der Waals surface area contributed by atoms with Gasteiger partial charge in [0.15, 0.2) is 4.45 Å². The molecule has 0 unspecified atom stereocenters. The molecule has 0 aromatic carbocycles. The van der Waals surface area contributed by atoms with E-state index in [4.69, 9.17) is 11.6 Å². The van der Waals surface area contributed by atoms with Crippen molar-refractivity contribution in [3.05, 3.63) is 0 Å². The van der Waals surface area contributed by atoms with Crippen molar-refractivity contribution in [3.63, 3.8) is 0 Å². The summed E-state index contributed by atoms with van der Waals surface area (Å²) >= 11 is 10.2. The highest BCUT2D eigenvalue weighted by Crippen LogP contribution is 1.99. The molecule has 46 valence electrons. The first-order chi connectivity index (χ1) is 3.80. The van der Waals surface area contributed by atoms with Crippen LogP contribution in [0.15, 0.2) is 0 Å². The topological polar surface area (TPSA) is 15.3 Å². The normalized spacial score (nSPS) is 19.4. The molecule has 0 spiro atoms. The molecule has 1 N–H and O–H groups in total. The van der Waals surface area contributed by atoms with Gasteiger partial charge < -0.3 is 0 Å². The maximum absolute atomic E-state index is 5.48. The number of halogens is 1. The molecule has 0 aromatic rings. The molecule has 1 aliphatic rings. The summed E-state index contributed by atoms with van der Waals surface area (Å²) in [5.74, 6) is 0. The lowest BCUT2D eigenvalue weighted by Gasteiger charge is -2.11. The van der Waals surface area contributed by atoms with Crippen LogP contribution in [0, 0.1) is 0 Å². The Hall–Kier alpha value is 0.140. The average molecular weight is 151 g/mol. The highest BCUT2D eigenvalue weighted by Gasteiger charge is 2.10. The van der Waals surface area contributed by atoms with Crippen LogP contribution in [-0.2, 0) is 0 Å². The van der Waals surface area contributed by atoms with Gasteiger partial charge in [0.2, 0.25) is 0 Å². The second-order valence-corrected chi connectivity index (χ2v) is 2.64. The zero-order chi connectivity index (χ0) is 5.98. The first-order valence-electron chi connectivity index (χ1n) is 2.51. The van der Waals surface area contributed by atoms with Gasteiger partial charge in [-0.25, -0.2) is 5.43 Å². The van der Waals surface area contributed by atoms with Crippen molar-refractivity contribution < 1.29 is 0 Å². The van der Waals surface area contributed by atoms with Gasteiger partial charge in [0.25, 0.3) is 0 Å². The van der Waals surface area contributed by atoms with Gasteiger partial charge in [-0.1, -0.05) is 11.6 Å². The second kappa shape index (κ2) is 2.62. The van der Waals surface area contributed by atoms with Gasteiger partial charge in [-0.15, -0.1) is 0 Å². The van der Waals surface area contributed by atoms with Crippen LogP contribution in [0.5, 0.6) is 0 Å². The Morgan fingerprint density at radius 1 is 1.75 bits per heavy atom. The van der Waals surface area contributed by atoms with Crippen LogP contribution < -0.4 is 5.43 Å². The third-order valence-corrected chi connectivity index (χ3v) is 1.50. The van der Waals surface area contributed by atoms with E-state index in [1.54, 1.807) is 5.01 Å². The van der Waals surface area contributed by atoms with Crippen molar-refractivity contribution in [3.8, 4) is 0 Å². The van der Waals surface area contributed by atoms with Gasteiger partial charge in [-0.05, 0) is 18.6 Å². The van der Waals surface area contributed by atoms with Crippen molar-refractivity contribution in [1.29, 1.82) is 0 Å². The minimum Gasteiger partial charge on any atom is -0.289 e. The summed E-state index contributed by atoms with van der Waals surface area (Å²) in [7, 11) is 0. The van der Waals surface area contributed by atoms with Crippen LogP contribution >= 0.6 is 23.8 Å². The van der Waals surface area contributed by atoms with E-state index in [2.05, 4.69) is 17.6 Å². The third kappa shape index (κ3) is 1.31. The first-order valence-corrected chi connectivity index (χ1v) is 3.30. The van der Waals surface area contributed by atoms with Gasteiger partial charge >= 0.3 is 0 Å². The third-order valence-electron chi connectivity index (χ3n) is 1.07. The lowest BCUT2D eigenvalue weighted by atomic mass is 10.5. The van der Waals surface area contributed by atoms with Crippen LogP contribution in [-0.4, -0.2) is 22.5 Å². The predicted molar refractivity (Wildman–Crippen MR) is 37.8 cm³/mol. The molecule has 0 radical (unpaired) electrons. The number of hydrogen-bond donors (Lipinski definition) is 1. The maximum atomic E-state index is 5.48. The monoisotopic (exact) mass is 150 g/mol. The van der Waals surface area contributed by atoms with E-state index in [-0.39, 0.29) is 0 Å². The molecule has 1 fully saturated rings. The molecule has 0 aliphatic carbocycles. The Morgan fingerprint density at radius 2 is 2.50 bits per heavy atom. The summed E-state index contributed by atoms with van der Waals surface area (Å²) in [6.45, 7) is 1.94. The second-order valence-electron chi connectivity index (χ2n) is 1.67. The summed E-state index contributed by atoms with van der Waals surface area (Å²) < 4.78 is 0.419. The van der Waals surface area contributed by atoms with E-state index in [0.717, 1.165) is 19.5 Å². The number of thiocarbonyl (C=S) groups is 1.